The van der Waals surface area contributed by atoms with Gasteiger partial charge in [0.2, 0.25) is 0 Å². The van der Waals surface area contributed by atoms with Crippen molar-refractivity contribution in [2.45, 2.75) is 0 Å². The van der Waals surface area contributed by atoms with Crippen molar-refractivity contribution < 1.29 is 14.8 Å². The molecule has 5 nitrogen and oxygen atoms in total. The van der Waals surface area contributed by atoms with Crippen molar-refractivity contribution in [3.05, 3.63) is 70.3 Å². The molecule has 18 heavy (non-hydrogen) atoms. The first-order chi connectivity index (χ1) is 8.59. The van der Waals surface area contributed by atoms with Crippen LogP contribution in [0.2, 0.25) is 0 Å². The van der Waals surface area contributed by atoms with Crippen molar-refractivity contribution in [1.29, 1.82) is 0 Å². The Morgan fingerprint density at radius 2 is 1.72 bits per heavy atom. The molecular weight excluding hydrogens is 234 g/mol. The summed E-state index contributed by atoms with van der Waals surface area (Å²) in [7, 11) is 0. The van der Waals surface area contributed by atoms with Gasteiger partial charge in [-0.05, 0) is 17.7 Å². The van der Waals surface area contributed by atoms with Crippen LogP contribution in [0.5, 0.6) is 0 Å². The summed E-state index contributed by atoms with van der Waals surface area (Å²) in [4.78, 5) is 20.1. The van der Waals surface area contributed by atoms with Crippen LogP contribution in [0.1, 0.15) is 5.56 Å². The summed E-state index contributed by atoms with van der Waals surface area (Å²) in [6.45, 7) is 0. The highest BCUT2D eigenvalue weighted by Gasteiger charge is 2.01. The van der Waals surface area contributed by atoms with Crippen molar-refractivity contribution in [2.75, 3.05) is 0 Å². The van der Waals surface area contributed by atoms with Gasteiger partial charge in [-0.15, -0.1) is 0 Å². The molecule has 0 radical (unpaired) electrons. The molecule has 0 fully saturated rings. The lowest BCUT2D eigenvalue weighted by Crippen LogP contribution is -1.86. The summed E-state index contributed by atoms with van der Waals surface area (Å²) in [5.41, 5.74) is 0.875. The number of nitro groups is 1. The van der Waals surface area contributed by atoms with Crippen LogP contribution < -0.4 is 0 Å². The van der Waals surface area contributed by atoms with Crippen LogP contribution in [0, 0.1) is 10.1 Å². The van der Waals surface area contributed by atoms with E-state index in [1.807, 2.05) is 0 Å². The van der Waals surface area contributed by atoms with Crippen LogP contribution in [-0.2, 0) is 4.79 Å². The number of carboxylic acid groups (broad SMARTS) is 1. The summed E-state index contributed by atoms with van der Waals surface area (Å²) in [6, 6.07) is 6.12. The lowest BCUT2D eigenvalue weighted by atomic mass is 10.2. The smallest absolute Gasteiger partial charge is 0.328 e. The average molecular weight is 245 g/mol. The highest BCUT2D eigenvalue weighted by Crippen LogP contribution is 2.12. The lowest BCUT2D eigenvalue weighted by molar-refractivity contribution is -0.384. The van der Waals surface area contributed by atoms with Crippen molar-refractivity contribution in [3.8, 4) is 0 Å². The zero-order chi connectivity index (χ0) is 13.4. The number of rotatable bonds is 5. The fourth-order valence-corrected chi connectivity index (χ4v) is 1.14. The Bertz CT molecular complexity index is 512. The topological polar surface area (TPSA) is 80.4 Å². The van der Waals surface area contributed by atoms with E-state index in [1.165, 1.54) is 18.2 Å². The Morgan fingerprint density at radius 3 is 2.28 bits per heavy atom. The molecule has 0 heterocycles. The van der Waals surface area contributed by atoms with E-state index in [0.29, 0.717) is 0 Å². The number of hydrogen-bond acceptors (Lipinski definition) is 3. The molecule has 0 aliphatic carbocycles. The Kier molecular flexibility index (Phi) is 5.05. The van der Waals surface area contributed by atoms with Gasteiger partial charge in [-0.25, -0.2) is 4.79 Å². The molecule has 0 spiro atoms. The fourth-order valence-electron chi connectivity index (χ4n) is 1.14. The van der Waals surface area contributed by atoms with E-state index >= 15 is 0 Å². The standard InChI is InChI=1S/C13H11NO4/c15-13(16)6-4-2-1-3-5-11-7-9-12(10-8-11)14(17)18/h1-10H,(H,15,16)/b2-1+,5-3+,6-4+. The monoisotopic (exact) mass is 245 g/mol. The molecule has 0 bridgehead atoms. The number of carbonyl (C=O) groups is 1. The zero-order valence-corrected chi connectivity index (χ0v) is 9.39. The van der Waals surface area contributed by atoms with E-state index in [4.69, 9.17) is 5.11 Å². The molecule has 5 heteroatoms. The second-order valence-electron chi connectivity index (χ2n) is 3.29. The van der Waals surface area contributed by atoms with E-state index < -0.39 is 10.9 Å². The summed E-state index contributed by atoms with van der Waals surface area (Å²) < 4.78 is 0. The number of nitrogens with zero attached hydrogens (tertiary/aromatic N) is 1. The third kappa shape index (κ3) is 4.89. The molecule has 0 aromatic heterocycles. The molecule has 0 aliphatic heterocycles. The molecule has 0 saturated carbocycles. The van der Waals surface area contributed by atoms with E-state index in [9.17, 15) is 14.9 Å². The normalized spacial score (nSPS) is 11.6. The van der Waals surface area contributed by atoms with Crippen LogP contribution in [0.25, 0.3) is 6.08 Å². The van der Waals surface area contributed by atoms with E-state index in [-0.39, 0.29) is 5.69 Å². The SMILES string of the molecule is O=C(O)/C=C/C=C/C=C/c1ccc([N+](=O)[O-])cc1. The summed E-state index contributed by atoms with van der Waals surface area (Å²) >= 11 is 0. The van der Waals surface area contributed by atoms with Crippen LogP contribution >= 0.6 is 0 Å². The van der Waals surface area contributed by atoms with Gasteiger partial charge in [-0.2, -0.15) is 0 Å². The number of non-ortho nitro benzene ring substituents is 1. The van der Waals surface area contributed by atoms with Crippen molar-refractivity contribution in [1.82, 2.24) is 0 Å². The molecule has 1 rings (SSSR count). The maximum absolute atomic E-state index is 10.4. The molecule has 0 saturated heterocycles. The number of aliphatic carboxylic acids is 1. The Balaban J connectivity index is 2.57. The van der Waals surface area contributed by atoms with Gasteiger partial charge in [0.25, 0.3) is 5.69 Å². The highest BCUT2D eigenvalue weighted by molar-refractivity contribution is 5.80. The van der Waals surface area contributed by atoms with Gasteiger partial charge in [-0.3, -0.25) is 10.1 Å². The lowest BCUT2D eigenvalue weighted by Gasteiger charge is -1.92. The van der Waals surface area contributed by atoms with E-state index in [0.717, 1.165) is 11.6 Å². The average Bonchev–Trinajstić information content (AvgIpc) is 2.34. The minimum atomic E-state index is -1.00. The minimum Gasteiger partial charge on any atom is -0.478 e. The van der Waals surface area contributed by atoms with Crippen LogP contribution in [0.4, 0.5) is 5.69 Å². The van der Waals surface area contributed by atoms with Gasteiger partial charge in [0.15, 0.2) is 0 Å². The first-order valence-electron chi connectivity index (χ1n) is 5.08. The second-order valence-corrected chi connectivity index (χ2v) is 3.29. The Morgan fingerprint density at radius 1 is 1.11 bits per heavy atom. The number of allylic oxidation sites excluding steroid dienone is 4. The minimum absolute atomic E-state index is 0.0482. The van der Waals surface area contributed by atoms with Crippen LogP contribution in [0.3, 0.4) is 0 Å². The first kappa shape index (κ1) is 13.4. The summed E-state index contributed by atoms with van der Waals surface area (Å²) in [5, 5.41) is 18.7. The highest BCUT2D eigenvalue weighted by atomic mass is 16.6. The van der Waals surface area contributed by atoms with Crippen molar-refractivity contribution in [2.24, 2.45) is 0 Å². The summed E-state index contributed by atoms with van der Waals surface area (Å²) in [6.07, 6.45) is 9.15. The molecule has 0 unspecified atom stereocenters. The van der Waals surface area contributed by atoms with Gasteiger partial charge in [0.05, 0.1) is 4.92 Å². The fraction of sp³-hybridized carbons (Fsp3) is 0. The quantitative estimate of drug-likeness (QED) is 0.374. The van der Waals surface area contributed by atoms with Gasteiger partial charge in [0, 0.05) is 18.2 Å². The zero-order valence-electron chi connectivity index (χ0n) is 9.39. The largest absolute Gasteiger partial charge is 0.478 e. The van der Waals surface area contributed by atoms with Crippen molar-refractivity contribution >= 4 is 17.7 Å². The van der Waals surface area contributed by atoms with Crippen LogP contribution in [-0.4, -0.2) is 16.0 Å². The molecular formula is C13H11NO4. The molecule has 1 aromatic carbocycles. The molecule has 1 aromatic rings. The Hall–Kier alpha value is -2.69. The number of benzene rings is 1. The number of nitro benzene ring substituents is 1. The predicted octanol–water partition coefficient (Wildman–Crippen LogP) is 2.81. The Labute approximate surface area is 104 Å². The van der Waals surface area contributed by atoms with Gasteiger partial charge < -0.3 is 5.11 Å². The van der Waals surface area contributed by atoms with Crippen LogP contribution in [0.15, 0.2) is 54.6 Å². The third-order valence-corrected chi connectivity index (χ3v) is 1.96. The summed E-state index contributed by atoms with van der Waals surface area (Å²) in [5.74, 6) is -1.00. The molecule has 92 valence electrons. The maximum atomic E-state index is 10.4. The van der Waals surface area contributed by atoms with Gasteiger partial charge in [-0.1, -0.05) is 30.4 Å². The molecule has 0 amide bonds. The number of hydrogen-bond donors (Lipinski definition) is 1. The molecule has 0 aliphatic rings. The van der Waals surface area contributed by atoms with Gasteiger partial charge >= 0.3 is 5.97 Å². The molecule has 0 atom stereocenters. The first-order valence-corrected chi connectivity index (χ1v) is 5.08. The molecule has 1 N–H and O–H groups in total. The van der Waals surface area contributed by atoms with E-state index in [2.05, 4.69) is 0 Å². The number of carboxylic acids is 1. The third-order valence-electron chi connectivity index (χ3n) is 1.96. The maximum Gasteiger partial charge on any atom is 0.328 e. The second kappa shape index (κ2) is 6.80. The van der Waals surface area contributed by atoms with E-state index in [1.54, 1.807) is 36.4 Å². The van der Waals surface area contributed by atoms with Gasteiger partial charge in [0.1, 0.15) is 0 Å². The predicted molar refractivity (Wildman–Crippen MR) is 68.0 cm³/mol. The van der Waals surface area contributed by atoms with Crippen molar-refractivity contribution in [3.63, 3.8) is 0 Å².